The lowest BCUT2D eigenvalue weighted by atomic mass is 10.2. The van der Waals surface area contributed by atoms with Crippen LogP contribution in [0.25, 0.3) is 0 Å². The smallest absolute Gasteiger partial charge is 0.258 e. The molecule has 0 radical (unpaired) electrons. The van der Waals surface area contributed by atoms with Crippen LogP contribution in [-0.2, 0) is 11.4 Å². The Balaban J connectivity index is 2.48. The van der Waals surface area contributed by atoms with Crippen molar-refractivity contribution in [3.8, 4) is 11.8 Å². The summed E-state index contributed by atoms with van der Waals surface area (Å²) in [6.07, 6.45) is 0. The lowest BCUT2D eigenvalue weighted by Gasteiger charge is -2.08. The molecule has 0 spiro atoms. The molecule has 0 heterocycles. The van der Waals surface area contributed by atoms with Crippen LogP contribution in [0.2, 0.25) is 0 Å². The van der Waals surface area contributed by atoms with E-state index in [1.54, 1.807) is 30.3 Å². The van der Waals surface area contributed by atoms with Gasteiger partial charge in [-0.1, -0.05) is 18.2 Å². The van der Waals surface area contributed by atoms with E-state index < -0.39 is 0 Å². The van der Waals surface area contributed by atoms with Crippen molar-refractivity contribution in [1.29, 1.82) is 5.26 Å². The minimum Gasteiger partial charge on any atom is -0.483 e. The van der Waals surface area contributed by atoms with E-state index >= 15 is 0 Å². The maximum absolute atomic E-state index is 11.1. The van der Waals surface area contributed by atoms with Crippen molar-refractivity contribution in [3.05, 3.63) is 29.8 Å². The van der Waals surface area contributed by atoms with E-state index in [0.29, 0.717) is 11.3 Å². The number of carbonyl (C=O) groups is 1. The number of rotatable bonds is 5. The van der Waals surface area contributed by atoms with Gasteiger partial charge in [0.2, 0.25) is 0 Å². The largest absolute Gasteiger partial charge is 0.483 e. The average molecular weight is 220 g/mol. The molecule has 0 bridgehead atoms. The second-order valence-corrected chi connectivity index (χ2v) is 2.99. The number of hydrogen-bond donors (Lipinski definition) is 2. The number of aliphatic hydroxyl groups is 1. The van der Waals surface area contributed by atoms with Crippen molar-refractivity contribution < 1.29 is 14.6 Å². The number of hydrogen-bond acceptors (Lipinski definition) is 4. The van der Waals surface area contributed by atoms with Gasteiger partial charge in [-0.05, 0) is 6.07 Å². The molecule has 0 fully saturated rings. The molecule has 0 saturated heterocycles. The predicted molar refractivity (Wildman–Crippen MR) is 56.5 cm³/mol. The Labute approximate surface area is 93.3 Å². The molecular weight excluding hydrogens is 208 g/mol. The van der Waals surface area contributed by atoms with Crippen molar-refractivity contribution in [2.24, 2.45) is 0 Å². The first-order valence-corrected chi connectivity index (χ1v) is 4.73. The third-order valence-corrected chi connectivity index (χ3v) is 1.87. The van der Waals surface area contributed by atoms with Crippen molar-refractivity contribution in [1.82, 2.24) is 5.32 Å². The number of nitrogens with one attached hydrogen (secondary N) is 1. The summed E-state index contributed by atoms with van der Waals surface area (Å²) in [5, 5.41) is 19.6. The quantitative estimate of drug-likeness (QED) is 0.694. The van der Waals surface area contributed by atoms with Crippen LogP contribution in [0.1, 0.15) is 5.56 Å². The Kier molecular flexibility index (Phi) is 4.83. The fraction of sp³-hybridized carbons (Fsp3) is 0.273. The SMILES string of the molecule is N#CCNC(=O)COc1ccccc1CO. The van der Waals surface area contributed by atoms with Gasteiger partial charge < -0.3 is 15.2 Å². The lowest BCUT2D eigenvalue weighted by Crippen LogP contribution is -2.29. The Morgan fingerprint density at radius 2 is 2.25 bits per heavy atom. The van der Waals surface area contributed by atoms with Gasteiger partial charge in [0.05, 0.1) is 12.7 Å². The standard InChI is InChI=1S/C11H12N2O3/c12-5-6-13-11(15)8-16-10-4-2-1-3-9(10)7-14/h1-4,14H,6-8H2,(H,13,15). The number of nitriles is 1. The minimum absolute atomic E-state index is 0.0379. The minimum atomic E-state index is -0.366. The molecule has 5 nitrogen and oxygen atoms in total. The van der Waals surface area contributed by atoms with Crippen molar-refractivity contribution in [3.63, 3.8) is 0 Å². The monoisotopic (exact) mass is 220 g/mol. The van der Waals surface area contributed by atoms with Crippen LogP contribution in [0.15, 0.2) is 24.3 Å². The highest BCUT2D eigenvalue weighted by Crippen LogP contribution is 2.17. The van der Waals surface area contributed by atoms with Gasteiger partial charge in [-0.15, -0.1) is 0 Å². The van der Waals surface area contributed by atoms with E-state index in [2.05, 4.69) is 5.32 Å². The van der Waals surface area contributed by atoms with E-state index in [9.17, 15) is 4.79 Å². The summed E-state index contributed by atoms with van der Waals surface area (Å²) in [6.45, 7) is -0.349. The molecule has 0 saturated carbocycles. The molecule has 84 valence electrons. The van der Waals surface area contributed by atoms with Crippen molar-refractivity contribution in [2.45, 2.75) is 6.61 Å². The zero-order valence-electron chi connectivity index (χ0n) is 8.64. The van der Waals surface area contributed by atoms with Crippen LogP contribution >= 0.6 is 0 Å². The Bertz CT molecular complexity index is 398. The van der Waals surface area contributed by atoms with Crippen LogP contribution < -0.4 is 10.1 Å². The highest BCUT2D eigenvalue weighted by Gasteiger charge is 2.04. The Morgan fingerprint density at radius 1 is 1.50 bits per heavy atom. The van der Waals surface area contributed by atoms with Crippen molar-refractivity contribution >= 4 is 5.91 Å². The average Bonchev–Trinajstić information content (AvgIpc) is 2.34. The number of benzene rings is 1. The second kappa shape index (κ2) is 6.43. The summed E-state index contributed by atoms with van der Waals surface area (Å²) in [5.41, 5.74) is 0.621. The number of nitrogens with zero attached hydrogens (tertiary/aromatic N) is 1. The molecule has 16 heavy (non-hydrogen) atoms. The molecule has 5 heteroatoms. The molecule has 0 unspecified atom stereocenters. The predicted octanol–water partition coefficient (Wildman–Crippen LogP) is 0.197. The lowest BCUT2D eigenvalue weighted by molar-refractivity contribution is -0.122. The highest BCUT2D eigenvalue weighted by molar-refractivity contribution is 5.77. The summed E-state index contributed by atoms with van der Waals surface area (Å²) in [7, 11) is 0. The van der Waals surface area contributed by atoms with Gasteiger partial charge in [-0.25, -0.2) is 0 Å². The number of ether oxygens (including phenoxy) is 1. The number of aliphatic hydroxyl groups excluding tert-OH is 1. The highest BCUT2D eigenvalue weighted by atomic mass is 16.5. The molecule has 2 N–H and O–H groups in total. The molecule has 1 aromatic carbocycles. The van der Waals surface area contributed by atoms with E-state index in [1.165, 1.54) is 0 Å². The third-order valence-electron chi connectivity index (χ3n) is 1.87. The van der Waals surface area contributed by atoms with Gasteiger partial charge in [0, 0.05) is 5.56 Å². The molecule has 0 atom stereocenters. The van der Waals surface area contributed by atoms with Crippen LogP contribution in [-0.4, -0.2) is 24.2 Å². The maximum atomic E-state index is 11.1. The van der Waals surface area contributed by atoms with Crippen LogP contribution in [0, 0.1) is 11.3 Å². The van der Waals surface area contributed by atoms with Crippen LogP contribution in [0.4, 0.5) is 0 Å². The summed E-state index contributed by atoms with van der Waals surface area (Å²) in [6, 6.07) is 8.70. The first kappa shape index (κ1) is 12.0. The normalized spacial score (nSPS) is 9.25. The molecule has 0 aliphatic rings. The molecule has 1 rings (SSSR count). The first-order valence-electron chi connectivity index (χ1n) is 4.73. The zero-order chi connectivity index (χ0) is 11.8. The number of carbonyl (C=O) groups excluding carboxylic acids is 1. The molecule has 0 aliphatic heterocycles. The fourth-order valence-electron chi connectivity index (χ4n) is 1.11. The third kappa shape index (κ3) is 3.59. The maximum Gasteiger partial charge on any atom is 0.258 e. The second-order valence-electron chi connectivity index (χ2n) is 2.99. The molecule has 0 aromatic heterocycles. The zero-order valence-corrected chi connectivity index (χ0v) is 8.64. The molecule has 1 aromatic rings. The van der Waals surface area contributed by atoms with E-state index in [4.69, 9.17) is 15.1 Å². The van der Waals surface area contributed by atoms with Gasteiger partial charge in [0.1, 0.15) is 12.3 Å². The number of para-hydroxylation sites is 1. The first-order chi connectivity index (χ1) is 7.77. The summed E-state index contributed by atoms with van der Waals surface area (Å²) in [5.74, 6) is 0.103. The van der Waals surface area contributed by atoms with Gasteiger partial charge in [0.25, 0.3) is 5.91 Å². The fourth-order valence-corrected chi connectivity index (χ4v) is 1.11. The van der Waals surface area contributed by atoms with E-state index in [0.717, 1.165) is 0 Å². The van der Waals surface area contributed by atoms with E-state index in [1.807, 2.05) is 0 Å². The molecular formula is C11H12N2O3. The molecule has 1 amide bonds. The van der Waals surface area contributed by atoms with Gasteiger partial charge in [0.15, 0.2) is 6.61 Å². The van der Waals surface area contributed by atoms with Gasteiger partial charge >= 0.3 is 0 Å². The Hall–Kier alpha value is -2.06. The molecule has 0 aliphatic carbocycles. The van der Waals surface area contributed by atoms with Crippen LogP contribution in [0.5, 0.6) is 5.75 Å². The Morgan fingerprint density at radius 3 is 2.94 bits per heavy atom. The number of amides is 1. The van der Waals surface area contributed by atoms with Gasteiger partial charge in [-0.2, -0.15) is 5.26 Å². The van der Waals surface area contributed by atoms with Crippen molar-refractivity contribution in [2.75, 3.05) is 13.2 Å². The topological polar surface area (TPSA) is 82.4 Å². The summed E-state index contributed by atoms with van der Waals surface area (Å²) in [4.78, 5) is 11.1. The summed E-state index contributed by atoms with van der Waals surface area (Å²) >= 11 is 0. The van der Waals surface area contributed by atoms with E-state index in [-0.39, 0.29) is 25.7 Å². The van der Waals surface area contributed by atoms with Gasteiger partial charge in [-0.3, -0.25) is 4.79 Å². The van der Waals surface area contributed by atoms with Crippen LogP contribution in [0.3, 0.4) is 0 Å². The summed E-state index contributed by atoms with van der Waals surface area (Å²) < 4.78 is 5.21.